The highest BCUT2D eigenvalue weighted by molar-refractivity contribution is 5.92. The Labute approximate surface area is 196 Å². The number of primary amides is 1. The predicted molar refractivity (Wildman–Crippen MR) is 126 cm³/mol. The van der Waals surface area contributed by atoms with E-state index in [0.717, 1.165) is 5.56 Å². The molecule has 2 unspecified atom stereocenters. The average molecular weight is 458 g/mol. The highest BCUT2D eigenvalue weighted by atomic mass is 19.1. The molecule has 4 rings (SSSR count). The minimum atomic E-state index is -0.855. The van der Waals surface area contributed by atoms with Crippen LogP contribution in [0, 0.1) is 23.1 Å². The van der Waals surface area contributed by atoms with E-state index in [0.29, 0.717) is 54.1 Å². The molecule has 2 amide bonds. The SMILES string of the molecule is N#Cc1ccccc1-c1ccc(C(C(N)=O)C2CCNC2=O)c(NCCc2cccc(F)c2)n1. The molecule has 0 radical (unpaired) electrons. The molecule has 1 aromatic heterocycles. The smallest absolute Gasteiger partial charge is 0.225 e. The summed E-state index contributed by atoms with van der Waals surface area (Å²) in [5.41, 5.74) is 8.75. The number of anilines is 1. The van der Waals surface area contributed by atoms with Crippen LogP contribution in [0.3, 0.4) is 0 Å². The van der Waals surface area contributed by atoms with Gasteiger partial charge >= 0.3 is 0 Å². The van der Waals surface area contributed by atoms with Crippen molar-refractivity contribution in [1.82, 2.24) is 10.3 Å². The summed E-state index contributed by atoms with van der Waals surface area (Å²) in [5.74, 6) is -2.17. The summed E-state index contributed by atoms with van der Waals surface area (Å²) in [7, 11) is 0. The molecule has 2 atom stereocenters. The number of carbonyl (C=O) groups excluding carboxylic acids is 2. The second-order valence-corrected chi connectivity index (χ2v) is 8.16. The minimum absolute atomic E-state index is 0.214. The Morgan fingerprint density at radius 3 is 2.76 bits per heavy atom. The number of nitrogens with one attached hydrogen (secondary N) is 2. The topological polar surface area (TPSA) is 121 Å². The van der Waals surface area contributed by atoms with Gasteiger partial charge in [-0.3, -0.25) is 9.59 Å². The first-order valence-corrected chi connectivity index (χ1v) is 11.0. The van der Waals surface area contributed by atoms with Crippen molar-refractivity contribution in [1.29, 1.82) is 5.26 Å². The zero-order chi connectivity index (χ0) is 24.1. The van der Waals surface area contributed by atoms with Crippen molar-refractivity contribution in [2.24, 2.45) is 11.7 Å². The van der Waals surface area contributed by atoms with Crippen molar-refractivity contribution in [3.63, 3.8) is 0 Å². The van der Waals surface area contributed by atoms with Gasteiger partial charge in [0.25, 0.3) is 0 Å². The first-order chi connectivity index (χ1) is 16.5. The molecular formula is C26H24FN5O2. The number of hydrogen-bond donors (Lipinski definition) is 3. The minimum Gasteiger partial charge on any atom is -0.369 e. The third kappa shape index (κ3) is 4.89. The van der Waals surface area contributed by atoms with E-state index in [9.17, 15) is 19.2 Å². The molecule has 8 heteroatoms. The van der Waals surface area contributed by atoms with Crippen molar-refractivity contribution in [2.45, 2.75) is 18.8 Å². The summed E-state index contributed by atoms with van der Waals surface area (Å²) in [6.45, 7) is 0.895. The Bertz CT molecular complexity index is 1270. The number of benzene rings is 2. The van der Waals surface area contributed by atoms with Gasteiger partial charge < -0.3 is 16.4 Å². The van der Waals surface area contributed by atoms with E-state index in [1.807, 2.05) is 12.1 Å². The Morgan fingerprint density at radius 1 is 1.24 bits per heavy atom. The Hall–Kier alpha value is -4.25. The monoisotopic (exact) mass is 457 g/mol. The molecule has 0 spiro atoms. The number of carbonyl (C=O) groups is 2. The van der Waals surface area contributed by atoms with Gasteiger partial charge in [0.2, 0.25) is 11.8 Å². The van der Waals surface area contributed by atoms with E-state index < -0.39 is 17.7 Å². The molecule has 0 saturated carbocycles. The highest BCUT2D eigenvalue weighted by Gasteiger charge is 2.38. The van der Waals surface area contributed by atoms with Crippen molar-refractivity contribution < 1.29 is 14.0 Å². The number of nitrogens with zero attached hydrogens (tertiary/aromatic N) is 2. The second kappa shape index (κ2) is 10.1. The lowest BCUT2D eigenvalue weighted by Crippen LogP contribution is -2.33. The molecule has 1 fully saturated rings. The summed E-state index contributed by atoms with van der Waals surface area (Å²) in [6, 6.07) is 19.1. The number of halogens is 1. The van der Waals surface area contributed by atoms with Crippen LogP contribution < -0.4 is 16.4 Å². The lowest BCUT2D eigenvalue weighted by Gasteiger charge is -2.22. The van der Waals surface area contributed by atoms with Crippen LogP contribution in [0.4, 0.5) is 10.2 Å². The first-order valence-electron chi connectivity index (χ1n) is 11.0. The summed E-state index contributed by atoms with van der Waals surface area (Å²) in [5, 5.41) is 15.5. The highest BCUT2D eigenvalue weighted by Crippen LogP contribution is 2.35. The van der Waals surface area contributed by atoms with Crippen LogP contribution in [0.5, 0.6) is 0 Å². The van der Waals surface area contributed by atoms with Gasteiger partial charge in [0.05, 0.1) is 29.2 Å². The molecule has 7 nitrogen and oxygen atoms in total. The van der Waals surface area contributed by atoms with Crippen LogP contribution in [-0.4, -0.2) is 29.9 Å². The van der Waals surface area contributed by atoms with Crippen molar-refractivity contribution in [2.75, 3.05) is 18.4 Å². The number of pyridine rings is 1. The van der Waals surface area contributed by atoms with Crippen LogP contribution in [0.25, 0.3) is 11.3 Å². The number of aromatic nitrogens is 1. The quantitative estimate of drug-likeness (QED) is 0.480. The molecular weight excluding hydrogens is 433 g/mol. The summed E-state index contributed by atoms with van der Waals surface area (Å²) in [4.78, 5) is 29.6. The maximum Gasteiger partial charge on any atom is 0.225 e. The van der Waals surface area contributed by atoms with Crippen LogP contribution in [0.2, 0.25) is 0 Å². The van der Waals surface area contributed by atoms with Gasteiger partial charge in [-0.15, -0.1) is 0 Å². The summed E-state index contributed by atoms with van der Waals surface area (Å²) in [6.07, 6.45) is 1.01. The van der Waals surface area contributed by atoms with Gasteiger partial charge in [-0.2, -0.15) is 5.26 Å². The first kappa shape index (κ1) is 22.9. The Kier molecular flexibility index (Phi) is 6.83. The van der Waals surface area contributed by atoms with E-state index in [-0.39, 0.29) is 11.7 Å². The fraction of sp³-hybridized carbons (Fsp3) is 0.231. The maximum absolute atomic E-state index is 13.5. The summed E-state index contributed by atoms with van der Waals surface area (Å²) < 4.78 is 13.5. The second-order valence-electron chi connectivity index (χ2n) is 8.16. The lowest BCUT2D eigenvalue weighted by atomic mass is 9.84. The zero-order valence-electron chi connectivity index (χ0n) is 18.4. The van der Waals surface area contributed by atoms with Gasteiger partial charge in [-0.1, -0.05) is 36.4 Å². The Balaban J connectivity index is 1.71. The number of rotatable bonds is 8. The molecule has 4 N–H and O–H groups in total. The van der Waals surface area contributed by atoms with Crippen molar-refractivity contribution >= 4 is 17.6 Å². The standard InChI is InChI=1S/C26H24FN5O2/c27-18-6-3-4-16(14-18)10-12-30-25-20(23(24(29)33)21-11-13-31-26(21)34)8-9-22(32-25)19-7-2-1-5-17(19)15-28/h1-9,14,21,23H,10-13H2,(H2,29,33)(H,30,32)(H,31,34). The molecule has 2 heterocycles. The fourth-order valence-corrected chi connectivity index (χ4v) is 4.33. The van der Waals surface area contributed by atoms with E-state index in [2.05, 4.69) is 16.7 Å². The van der Waals surface area contributed by atoms with Crippen LogP contribution in [0.15, 0.2) is 60.7 Å². The van der Waals surface area contributed by atoms with Gasteiger partial charge in [-0.05, 0) is 42.7 Å². The third-order valence-corrected chi connectivity index (χ3v) is 5.98. The fourth-order valence-electron chi connectivity index (χ4n) is 4.33. The third-order valence-electron chi connectivity index (χ3n) is 5.98. The molecule has 34 heavy (non-hydrogen) atoms. The molecule has 3 aromatic rings. The lowest BCUT2D eigenvalue weighted by molar-refractivity contribution is -0.128. The Morgan fingerprint density at radius 2 is 2.06 bits per heavy atom. The van der Waals surface area contributed by atoms with Gasteiger partial charge in [-0.25, -0.2) is 9.37 Å². The molecule has 1 aliphatic heterocycles. The van der Waals surface area contributed by atoms with Crippen LogP contribution in [-0.2, 0) is 16.0 Å². The van der Waals surface area contributed by atoms with E-state index in [1.165, 1.54) is 12.1 Å². The van der Waals surface area contributed by atoms with Crippen molar-refractivity contribution in [3.05, 3.63) is 83.2 Å². The number of hydrogen-bond acceptors (Lipinski definition) is 5. The molecule has 0 bridgehead atoms. The van der Waals surface area contributed by atoms with Gasteiger partial charge in [0.1, 0.15) is 11.6 Å². The van der Waals surface area contributed by atoms with Crippen LogP contribution >= 0.6 is 0 Å². The molecule has 172 valence electrons. The molecule has 0 aliphatic carbocycles. The number of nitrogens with two attached hydrogens (primary N) is 1. The molecule has 1 saturated heterocycles. The van der Waals surface area contributed by atoms with Crippen LogP contribution in [0.1, 0.15) is 29.0 Å². The van der Waals surface area contributed by atoms with Crippen molar-refractivity contribution in [3.8, 4) is 17.3 Å². The molecule has 1 aliphatic rings. The predicted octanol–water partition coefficient (Wildman–Crippen LogP) is 3.12. The summed E-state index contributed by atoms with van der Waals surface area (Å²) >= 11 is 0. The van der Waals surface area contributed by atoms with Gasteiger partial charge in [0, 0.05) is 24.2 Å². The van der Waals surface area contributed by atoms with E-state index in [1.54, 1.807) is 36.4 Å². The van der Waals surface area contributed by atoms with E-state index in [4.69, 9.17) is 10.7 Å². The number of amides is 2. The molecule has 2 aromatic carbocycles. The van der Waals surface area contributed by atoms with E-state index >= 15 is 0 Å². The number of nitriles is 1. The zero-order valence-corrected chi connectivity index (χ0v) is 18.4. The van der Waals surface area contributed by atoms with Gasteiger partial charge in [0.15, 0.2) is 0 Å². The largest absolute Gasteiger partial charge is 0.369 e. The maximum atomic E-state index is 13.5. The average Bonchev–Trinajstić information content (AvgIpc) is 3.25. The normalized spacial score (nSPS) is 15.9.